The third-order valence-electron chi connectivity index (χ3n) is 3.95. The number of nitrogen functional groups attached to an aromatic ring is 1. The predicted octanol–water partition coefficient (Wildman–Crippen LogP) is 2.68. The summed E-state index contributed by atoms with van der Waals surface area (Å²) in [7, 11) is 1.57. The second-order valence-electron chi connectivity index (χ2n) is 5.16. The van der Waals surface area contributed by atoms with Crippen LogP contribution in [0.3, 0.4) is 0 Å². The van der Waals surface area contributed by atoms with E-state index in [1.54, 1.807) is 25.3 Å². The summed E-state index contributed by atoms with van der Waals surface area (Å²) in [5.74, 6) is 0.604. The summed E-state index contributed by atoms with van der Waals surface area (Å²) in [6.45, 7) is 4.24. The van der Waals surface area contributed by atoms with Gasteiger partial charge in [0.25, 0.3) is 5.91 Å². The normalized spacial score (nSPS) is 22.6. The Bertz CT molecular complexity index is 473. The van der Waals surface area contributed by atoms with Crippen LogP contribution in [-0.4, -0.2) is 30.0 Å². The van der Waals surface area contributed by atoms with Gasteiger partial charge < -0.3 is 15.4 Å². The number of amides is 1. The van der Waals surface area contributed by atoms with Crippen molar-refractivity contribution in [3.8, 4) is 5.75 Å². The second kappa shape index (κ2) is 5.51. The van der Waals surface area contributed by atoms with Crippen LogP contribution in [0.4, 0.5) is 5.69 Å². The van der Waals surface area contributed by atoms with Crippen molar-refractivity contribution in [3.63, 3.8) is 0 Å². The topological polar surface area (TPSA) is 55.6 Å². The van der Waals surface area contributed by atoms with Crippen LogP contribution in [0.25, 0.3) is 0 Å². The van der Waals surface area contributed by atoms with Gasteiger partial charge >= 0.3 is 0 Å². The first-order valence-electron chi connectivity index (χ1n) is 6.84. The van der Waals surface area contributed by atoms with Crippen molar-refractivity contribution in [3.05, 3.63) is 23.8 Å². The zero-order chi connectivity index (χ0) is 14.0. The van der Waals surface area contributed by atoms with Gasteiger partial charge in [0.15, 0.2) is 0 Å². The van der Waals surface area contributed by atoms with E-state index in [-0.39, 0.29) is 5.91 Å². The molecule has 0 aromatic heterocycles. The Morgan fingerprint density at radius 1 is 1.47 bits per heavy atom. The van der Waals surface area contributed by atoms with Crippen LogP contribution >= 0.6 is 0 Å². The van der Waals surface area contributed by atoms with E-state index < -0.39 is 0 Å². The summed E-state index contributed by atoms with van der Waals surface area (Å²) in [6, 6.07) is 5.84. The predicted molar refractivity (Wildman–Crippen MR) is 76.4 cm³/mol. The molecule has 1 aliphatic heterocycles. The zero-order valence-corrected chi connectivity index (χ0v) is 11.8. The molecule has 0 aliphatic carbocycles. The van der Waals surface area contributed by atoms with Crippen LogP contribution in [0.15, 0.2) is 18.2 Å². The fourth-order valence-electron chi connectivity index (χ4n) is 2.86. The molecule has 2 atom stereocenters. The quantitative estimate of drug-likeness (QED) is 0.852. The van der Waals surface area contributed by atoms with E-state index in [0.29, 0.717) is 29.1 Å². The summed E-state index contributed by atoms with van der Waals surface area (Å²) in [5.41, 5.74) is 6.94. The highest BCUT2D eigenvalue weighted by molar-refractivity contribution is 5.98. The fourth-order valence-corrected chi connectivity index (χ4v) is 2.86. The molecule has 1 fully saturated rings. The Hall–Kier alpha value is -1.71. The van der Waals surface area contributed by atoms with E-state index in [9.17, 15) is 4.79 Å². The van der Waals surface area contributed by atoms with Crippen molar-refractivity contribution in [2.45, 2.75) is 45.2 Å². The zero-order valence-electron chi connectivity index (χ0n) is 11.8. The maximum Gasteiger partial charge on any atom is 0.258 e. The van der Waals surface area contributed by atoms with Gasteiger partial charge in [0.2, 0.25) is 0 Å². The van der Waals surface area contributed by atoms with Gasteiger partial charge in [-0.25, -0.2) is 0 Å². The number of ether oxygens (including phenoxy) is 1. The third kappa shape index (κ3) is 2.53. The second-order valence-corrected chi connectivity index (χ2v) is 5.16. The first-order chi connectivity index (χ1) is 9.08. The van der Waals surface area contributed by atoms with Crippen molar-refractivity contribution in [1.29, 1.82) is 0 Å². The molecule has 4 nitrogen and oxygen atoms in total. The molecule has 0 bridgehead atoms. The summed E-state index contributed by atoms with van der Waals surface area (Å²) in [5, 5.41) is 0. The van der Waals surface area contributed by atoms with Crippen LogP contribution < -0.4 is 10.5 Å². The number of nitrogens with zero attached hydrogens (tertiary/aromatic N) is 1. The van der Waals surface area contributed by atoms with Gasteiger partial charge in [-0.1, -0.05) is 6.92 Å². The maximum atomic E-state index is 12.7. The molecule has 19 heavy (non-hydrogen) atoms. The molecule has 1 saturated heterocycles. The molecule has 0 saturated carbocycles. The molecular weight excluding hydrogens is 240 g/mol. The Balaban J connectivity index is 2.33. The SMILES string of the molecule is CCC1CCC(C)N1C(=O)c1ccc(N)cc1OC. The number of rotatable bonds is 3. The number of hydrogen-bond donors (Lipinski definition) is 1. The Labute approximate surface area is 114 Å². The van der Waals surface area contributed by atoms with Crippen LogP contribution in [0, 0.1) is 0 Å². The summed E-state index contributed by atoms with van der Waals surface area (Å²) < 4.78 is 5.28. The Morgan fingerprint density at radius 3 is 2.84 bits per heavy atom. The first-order valence-corrected chi connectivity index (χ1v) is 6.84. The minimum absolute atomic E-state index is 0.0497. The van der Waals surface area contributed by atoms with Gasteiger partial charge in [-0.05, 0) is 38.3 Å². The van der Waals surface area contributed by atoms with E-state index >= 15 is 0 Å². The lowest BCUT2D eigenvalue weighted by Gasteiger charge is -2.28. The molecule has 2 rings (SSSR count). The average Bonchev–Trinajstić information content (AvgIpc) is 2.78. The standard InChI is InChI=1S/C15H22N2O2/c1-4-12-7-5-10(2)17(12)15(18)13-8-6-11(16)9-14(13)19-3/h6,8-10,12H,4-5,7,16H2,1-3H3. The molecule has 0 radical (unpaired) electrons. The van der Waals surface area contributed by atoms with Crippen molar-refractivity contribution >= 4 is 11.6 Å². The summed E-state index contributed by atoms with van der Waals surface area (Å²) in [4.78, 5) is 14.7. The average molecular weight is 262 g/mol. The number of methoxy groups -OCH3 is 1. The molecule has 1 aliphatic rings. The monoisotopic (exact) mass is 262 g/mol. The number of anilines is 1. The smallest absolute Gasteiger partial charge is 0.258 e. The number of carbonyl (C=O) groups excluding carboxylic acids is 1. The van der Waals surface area contributed by atoms with Gasteiger partial charge in [-0.3, -0.25) is 4.79 Å². The summed E-state index contributed by atoms with van der Waals surface area (Å²) in [6.07, 6.45) is 3.15. The minimum Gasteiger partial charge on any atom is -0.496 e. The molecule has 1 amide bonds. The number of carbonyl (C=O) groups is 1. The Kier molecular flexibility index (Phi) is 3.98. The number of likely N-dealkylation sites (tertiary alicyclic amines) is 1. The largest absolute Gasteiger partial charge is 0.496 e. The van der Waals surface area contributed by atoms with Crippen molar-refractivity contribution in [2.75, 3.05) is 12.8 Å². The fraction of sp³-hybridized carbons (Fsp3) is 0.533. The number of hydrogen-bond acceptors (Lipinski definition) is 3. The van der Waals surface area contributed by atoms with E-state index in [1.165, 1.54) is 0 Å². The van der Waals surface area contributed by atoms with Crippen LogP contribution in [-0.2, 0) is 0 Å². The van der Waals surface area contributed by atoms with E-state index in [2.05, 4.69) is 13.8 Å². The van der Waals surface area contributed by atoms with Gasteiger partial charge in [-0.15, -0.1) is 0 Å². The van der Waals surface area contributed by atoms with Gasteiger partial charge in [0.05, 0.1) is 12.7 Å². The molecule has 104 valence electrons. The van der Waals surface area contributed by atoms with Crippen LogP contribution in [0.2, 0.25) is 0 Å². The molecule has 0 spiro atoms. The van der Waals surface area contributed by atoms with E-state index in [0.717, 1.165) is 19.3 Å². The number of benzene rings is 1. The Morgan fingerprint density at radius 2 is 2.21 bits per heavy atom. The van der Waals surface area contributed by atoms with Crippen molar-refractivity contribution < 1.29 is 9.53 Å². The highest BCUT2D eigenvalue weighted by Crippen LogP contribution is 2.31. The first kappa shape index (κ1) is 13.7. The van der Waals surface area contributed by atoms with E-state index in [1.807, 2.05) is 4.90 Å². The van der Waals surface area contributed by atoms with Gasteiger partial charge in [-0.2, -0.15) is 0 Å². The molecule has 2 N–H and O–H groups in total. The number of nitrogens with two attached hydrogens (primary N) is 1. The minimum atomic E-state index is 0.0497. The van der Waals surface area contributed by atoms with Crippen LogP contribution in [0.1, 0.15) is 43.5 Å². The maximum absolute atomic E-state index is 12.7. The molecule has 1 aromatic rings. The molecule has 2 unspecified atom stereocenters. The lowest BCUT2D eigenvalue weighted by atomic mass is 10.1. The molecule has 4 heteroatoms. The summed E-state index contributed by atoms with van der Waals surface area (Å²) >= 11 is 0. The molecule has 1 aromatic carbocycles. The van der Waals surface area contributed by atoms with Gasteiger partial charge in [0.1, 0.15) is 5.75 Å². The third-order valence-corrected chi connectivity index (χ3v) is 3.95. The lowest BCUT2D eigenvalue weighted by molar-refractivity contribution is 0.0673. The highest BCUT2D eigenvalue weighted by atomic mass is 16.5. The van der Waals surface area contributed by atoms with Crippen molar-refractivity contribution in [1.82, 2.24) is 4.90 Å². The van der Waals surface area contributed by atoms with Gasteiger partial charge in [0, 0.05) is 23.8 Å². The molecule has 1 heterocycles. The van der Waals surface area contributed by atoms with Crippen molar-refractivity contribution in [2.24, 2.45) is 0 Å². The molecular formula is C15H22N2O2. The van der Waals surface area contributed by atoms with Crippen LogP contribution in [0.5, 0.6) is 5.75 Å². The lowest BCUT2D eigenvalue weighted by Crippen LogP contribution is -2.39. The highest BCUT2D eigenvalue weighted by Gasteiger charge is 2.34. The van der Waals surface area contributed by atoms with E-state index in [4.69, 9.17) is 10.5 Å².